The summed E-state index contributed by atoms with van der Waals surface area (Å²) in [5.74, 6) is -1.000. The van der Waals surface area contributed by atoms with Crippen molar-refractivity contribution in [3.63, 3.8) is 0 Å². The van der Waals surface area contributed by atoms with Gasteiger partial charge in [-0.15, -0.1) is 11.8 Å². The normalized spacial score (nSPS) is 10.6. The molecule has 0 aliphatic carbocycles. The van der Waals surface area contributed by atoms with Gasteiger partial charge >= 0.3 is 0 Å². The van der Waals surface area contributed by atoms with Crippen LogP contribution >= 0.6 is 11.8 Å². The third-order valence-corrected chi connectivity index (χ3v) is 3.66. The molecule has 106 valence electrons. The Balaban J connectivity index is 1.92. The molecule has 20 heavy (non-hydrogen) atoms. The van der Waals surface area contributed by atoms with Gasteiger partial charge in [-0.05, 0) is 18.6 Å². The largest absolute Gasteiger partial charge is 0.310 e. The van der Waals surface area contributed by atoms with Gasteiger partial charge < -0.3 is 5.32 Å². The number of carbonyl (C=O) groups is 1. The van der Waals surface area contributed by atoms with Crippen LogP contribution in [0.15, 0.2) is 29.3 Å². The molecule has 0 saturated heterocycles. The number of aromatic amines is 1. The van der Waals surface area contributed by atoms with Crippen LogP contribution < -0.4 is 5.32 Å². The summed E-state index contributed by atoms with van der Waals surface area (Å²) in [4.78, 5) is 12.0. The van der Waals surface area contributed by atoms with E-state index in [1.165, 1.54) is 6.07 Å². The molecule has 0 spiro atoms. The van der Waals surface area contributed by atoms with Crippen LogP contribution in [0.1, 0.15) is 12.5 Å². The third kappa shape index (κ3) is 3.57. The summed E-state index contributed by atoms with van der Waals surface area (Å²) in [5, 5.41) is 9.20. The van der Waals surface area contributed by atoms with Gasteiger partial charge in [0.1, 0.15) is 17.5 Å². The number of benzene rings is 1. The molecule has 0 aliphatic rings. The number of aromatic nitrogens is 2. The van der Waals surface area contributed by atoms with Gasteiger partial charge in [-0.2, -0.15) is 5.10 Å². The van der Waals surface area contributed by atoms with Crippen molar-refractivity contribution in [3.8, 4) is 0 Å². The number of anilines is 1. The number of thioether (sulfide) groups is 1. The average Bonchev–Trinajstić information content (AvgIpc) is 2.85. The van der Waals surface area contributed by atoms with E-state index in [4.69, 9.17) is 0 Å². The Morgan fingerprint density at radius 2 is 2.25 bits per heavy atom. The number of halogens is 2. The molecule has 0 saturated carbocycles. The van der Waals surface area contributed by atoms with E-state index in [0.717, 1.165) is 35.9 Å². The van der Waals surface area contributed by atoms with Gasteiger partial charge in [0.15, 0.2) is 0 Å². The van der Waals surface area contributed by atoms with E-state index in [1.807, 2.05) is 6.92 Å². The third-order valence-electron chi connectivity index (χ3n) is 2.62. The van der Waals surface area contributed by atoms with Crippen LogP contribution in [0.2, 0.25) is 0 Å². The van der Waals surface area contributed by atoms with E-state index in [0.29, 0.717) is 5.82 Å². The smallest absolute Gasteiger partial charge is 0.235 e. The zero-order chi connectivity index (χ0) is 14.5. The number of rotatable bonds is 5. The Kier molecular flexibility index (Phi) is 4.73. The van der Waals surface area contributed by atoms with E-state index < -0.39 is 11.6 Å². The van der Waals surface area contributed by atoms with Crippen molar-refractivity contribution < 1.29 is 13.6 Å². The van der Waals surface area contributed by atoms with E-state index in [2.05, 4.69) is 15.5 Å². The Bertz CT molecular complexity index is 615. The topological polar surface area (TPSA) is 57.8 Å². The minimum atomic E-state index is -0.668. The van der Waals surface area contributed by atoms with Crippen molar-refractivity contribution in [2.45, 2.75) is 18.2 Å². The first kappa shape index (κ1) is 14.5. The maximum atomic E-state index is 13.4. The first-order valence-electron chi connectivity index (χ1n) is 6.00. The maximum absolute atomic E-state index is 13.4. The second-order valence-corrected chi connectivity index (χ2v) is 5.05. The number of aryl methyl sites for hydroxylation is 1. The summed E-state index contributed by atoms with van der Waals surface area (Å²) in [5.41, 5.74) is 0.899. The molecule has 1 amide bonds. The van der Waals surface area contributed by atoms with Gasteiger partial charge in [0.05, 0.1) is 11.9 Å². The number of H-pyrrole nitrogens is 1. The number of hydrogen-bond acceptors (Lipinski definition) is 3. The highest BCUT2D eigenvalue weighted by Crippen LogP contribution is 2.22. The highest BCUT2D eigenvalue weighted by atomic mass is 32.2. The number of amides is 1. The fourth-order valence-corrected chi connectivity index (χ4v) is 2.32. The molecule has 2 rings (SSSR count). The average molecular weight is 297 g/mol. The molecule has 7 heteroatoms. The van der Waals surface area contributed by atoms with Gasteiger partial charge in [-0.3, -0.25) is 9.89 Å². The van der Waals surface area contributed by atoms with Crippen LogP contribution in [-0.4, -0.2) is 21.9 Å². The lowest BCUT2D eigenvalue weighted by Crippen LogP contribution is -2.15. The van der Waals surface area contributed by atoms with Gasteiger partial charge in [0.25, 0.3) is 0 Å². The molecule has 1 aromatic carbocycles. The second-order valence-electron chi connectivity index (χ2n) is 4.04. The number of nitrogens with one attached hydrogen (secondary N) is 2. The molecule has 0 bridgehead atoms. The lowest BCUT2D eigenvalue weighted by atomic mass is 10.2. The predicted molar refractivity (Wildman–Crippen MR) is 73.7 cm³/mol. The first-order valence-corrected chi connectivity index (χ1v) is 6.98. The Morgan fingerprint density at radius 1 is 1.45 bits per heavy atom. The monoisotopic (exact) mass is 297 g/mol. The zero-order valence-electron chi connectivity index (χ0n) is 10.7. The zero-order valence-corrected chi connectivity index (χ0v) is 11.6. The van der Waals surface area contributed by atoms with Crippen LogP contribution in [-0.2, 0) is 11.2 Å². The van der Waals surface area contributed by atoms with Gasteiger partial charge in [-0.1, -0.05) is 6.92 Å². The van der Waals surface area contributed by atoms with Gasteiger partial charge in [0, 0.05) is 16.5 Å². The van der Waals surface area contributed by atoms with Gasteiger partial charge in [0.2, 0.25) is 5.91 Å². The summed E-state index contributed by atoms with van der Waals surface area (Å²) >= 11 is 1.01. The van der Waals surface area contributed by atoms with Crippen molar-refractivity contribution in [3.05, 3.63) is 41.6 Å². The molecule has 0 radical (unpaired) electrons. The Labute approximate surface area is 119 Å². The molecular weight excluding hydrogens is 284 g/mol. The maximum Gasteiger partial charge on any atom is 0.235 e. The quantitative estimate of drug-likeness (QED) is 0.834. The van der Waals surface area contributed by atoms with Crippen LogP contribution in [0.4, 0.5) is 14.6 Å². The molecule has 4 nitrogen and oxygen atoms in total. The summed E-state index contributed by atoms with van der Waals surface area (Å²) in [6.07, 6.45) is 2.38. The molecule has 1 heterocycles. The molecule has 2 aromatic rings. The molecular formula is C13H13F2N3OS. The van der Waals surface area contributed by atoms with Crippen molar-refractivity contribution in [2.24, 2.45) is 0 Å². The summed E-state index contributed by atoms with van der Waals surface area (Å²) < 4.78 is 26.1. The van der Waals surface area contributed by atoms with Crippen LogP contribution in [0.5, 0.6) is 0 Å². The SMILES string of the molecule is CCc1cn[nH]c1NC(=O)CSc1ccc(F)cc1F. The Morgan fingerprint density at radius 3 is 2.95 bits per heavy atom. The predicted octanol–water partition coefficient (Wildman–Crippen LogP) is 2.98. The fraction of sp³-hybridized carbons (Fsp3) is 0.231. The van der Waals surface area contributed by atoms with E-state index in [-0.39, 0.29) is 16.6 Å². The van der Waals surface area contributed by atoms with Crippen molar-refractivity contribution in [2.75, 3.05) is 11.1 Å². The lowest BCUT2D eigenvalue weighted by Gasteiger charge is -2.05. The summed E-state index contributed by atoms with van der Waals surface area (Å²) in [6, 6.07) is 3.27. The van der Waals surface area contributed by atoms with Crippen LogP contribution in [0, 0.1) is 11.6 Å². The van der Waals surface area contributed by atoms with Crippen LogP contribution in [0.3, 0.4) is 0 Å². The highest BCUT2D eigenvalue weighted by molar-refractivity contribution is 8.00. The summed E-state index contributed by atoms with van der Waals surface area (Å²) in [7, 11) is 0. The molecule has 0 unspecified atom stereocenters. The second kappa shape index (κ2) is 6.51. The lowest BCUT2D eigenvalue weighted by molar-refractivity contribution is -0.113. The number of carbonyl (C=O) groups excluding carboxylic acids is 1. The van der Waals surface area contributed by atoms with Crippen molar-refractivity contribution >= 4 is 23.5 Å². The summed E-state index contributed by atoms with van der Waals surface area (Å²) in [6.45, 7) is 1.95. The molecule has 2 N–H and O–H groups in total. The first-order chi connectivity index (χ1) is 9.60. The number of hydrogen-bond donors (Lipinski definition) is 2. The van der Waals surface area contributed by atoms with E-state index >= 15 is 0 Å². The van der Waals surface area contributed by atoms with E-state index in [1.54, 1.807) is 6.20 Å². The molecule has 0 aliphatic heterocycles. The minimum Gasteiger partial charge on any atom is -0.310 e. The molecule has 0 fully saturated rings. The number of nitrogens with zero attached hydrogens (tertiary/aromatic N) is 1. The molecule has 1 aromatic heterocycles. The van der Waals surface area contributed by atoms with Crippen molar-refractivity contribution in [1.29, 1.82) is 0 Å². The standard InChI is InChI=1S/C13H13F2N3OS/c1-2-8-6-16-18-13(8)17-12(19)7-20-11-4-3-9(14)5-10(11)15/h3-6H,2,7H2,1H3,(H2,16,17,18,19). The van der Waals surface area contributed by atoms with Gasteiger partial charge in [-0.25, -0.2) is 8.78 Å². The highest BCUT2D eigenvalue weighted by Gasteiger charge is 2.10. The minimum absolute atomic E-state index is 0.0325. The fourth-order valence-electron chi connectivity index (χ4n) is 1.60. The van der Waals surface area contributed by atoms with E-state index in [9.17, 15) is 13.6 Å². The Hall–Kier alpha value is -1.89. The van der Waals surface area contributed by atoms with Crippen LogP contribution in [0.25, 0.3) is 0 Å². The van der Waals surface area contributed by atoms with Crippen molar-refractivity contribution in [1.82, 2.24) is 10.2 Å². The molecule has 0 atom stereocenters.